The van der Waals surface area contributed by atoms with E-state index in [2.05, 4.69) is 4.98 Å². The smallest absolute Gasteiger partial charge is 0.132 e. The van der Waals surface area contributed by atoms with Crippen LogP contribution in [0.2, 0.25) is 5.02 Å². The molecular formula is C15H12Cl2N2. The third kappa shape index (κ3) is 2.22. The van der Waals surface area contributed by atoms with Gasteiger partial charge in [-0.15, -0.1) is 11.6 Å². The van der Waals surface area contributed by atoms with Gasteiger partial charge in [-0.1, -0.05) is 41.9 Å². The summed E-state index contributed by atoms with van der Waals surface area (Å²) in [5.74, 6) is 0.824. The van der Waals surface area contributed by atoms with Crippen molar-refractivity contribution in [3.63, 3.8) is 0 Å². The van der Waals surface area contributed by atoms with Crippen LogP contribution >= 0.6 is 23.2 Å². The van der Waals surface area contributed by atoms with E-state index >= 15 is 0 Å². The SMILES string of the molecule is Cn1c(C(Cl)c2ccccc2)nc2ccc(Cl)cc21. The summed E-state index contributed by atoms with van der Waals surface area (Å²) in [5.41, 5.74) is 2.93. The van der Waals surface area contributed by atoms with Crippen molar-refractivity contribution in [2.45, 2.75) is 5.38 Å². The lowest BCUT2D eigenvalue weighted by Gasteiger charge is -2.09. The van der Waals surface area contributed by atoms with Gasteiger partial charge >= 0.3 is 0 Å². The van der Waals surface area contributed by atoms with Crippen molar-refractivity contribution in [2.24, 2.45) is 7.05 Å². The van der Waals surface area contributed by atoms with E-state index in [0.717, 1.165) is 22.4 Å². The average molecular weight is 291 g/mol. The topological polar surface area (TPSA) is 17.8 Å². The zero-order valence-corrected chi connectivity index (χ0v) is 11.9. The number of aryl methyl sites for hydroxylation is 1. The minimum Gasteiger partial charge on any atom is -0.330 e. The quantitative estimate of drug-likeness (QED) is 0.633. The zero-order valence-electron chi connectivity index (χ0n) is 10.3. The van der Waals surface area contributed by atoms with E-state index < -0.39 is 0 Å². The Hall–Kier alpha value is -1.51. The Balaban J connectivity index is 2.13. The van der Waals surface area contributed by atoms with Gasteiger partial charge in [-0.25, -0.2) is 4.98 Å². The minimum absolute atomic E-state index is 0.266. The molecule has 0 aliphatic heterocycles. The van der Waals surface area contributed by atoms with Crippen LogP contribution < -0.4 is 0 Å². The Morgan fingerprint density at radius 1 is 1.11 bits per heavy atom. The first-order valence-electron chi connectivity index (χ1n) is 5.97. The number of fused-ring (bicyclic) bond motifs is 1. The summed E-state index contributed by atoms with van der Waals surface area (Å²) in [6.45, 7) is 0. The number of aromatic nitrogens is 2. The van der Waals surface area contributed by atoms with Crippen LogP contribution in [0.4, 0.5) is 0 Å². The van der Waals surface area contributed by atoms with Gasteiger partial charge < -0.3 is 4.57 Å². The number of nitrogens with zero attached hydrogens (tertiary/aromatic N) is 2. The van der Waals surface area contributed by atoms with Crippen molar-refractivity contribution in [2.75, 3.05) is 0 Å². The molecule has 0 N–H and O–H groups in total. The van der Waals surface area contributed by atoms with Crippen LogP contribution in [0.5, 0.6) is 0 Å². The van der Waals surface area contributed by atoms with Gasteiger partial charge in [0, 0.05) is 12.1 Å². The fourth-order valence-electron chi connectivity index (χ4n) is 2.18. The first-order valence-corrected chi connectivity index (χ1v) is 6.79. The second-order valence-corrected chi connectivity index (χ2v) is 5.31. The van der Waals surface area contributed by atoms with E-state index in [0.29, 0.717) is 5.02 Å². The largest absolute Gasteiger partial charge is 0.330 e. The number of hydrogen-bond donors (Lipinski definition) is 0. The van der Waals surface area contributed by atoms with Crippen molar-refractivity contribution in [3.05, 3.63) is 64.9 Å². The van der Waals surface area contributed by atoms with Crippen molar-refractivity contribution < 1.29 is 0 Å². The molecule has 0 bridgehead atoms. The van der Waals surface area contributed by atoms with Gasteiger partial charge in [0.2, 0.25) is 0 Å². The van der Waals surface area contributed by atoms with E-state index in [1.54, 1.807) is 0 Å². The maximum Gasteiger partial charge on any atom is 0.132 e. The second-order valence-electron chi connectivity index (χ2n) is 4.44. The second kappa shape index (κ2) is 4.87. The molecule has 3 aromatic rings. The predicted octanol–water partition coefficient (Wildman–Crippen LogP) is 4.55. The lowest BCUT2D eigenvalue weighted by Crippen LogP contribution is -2.02. The molecule has 0 spiro atoms. The van der Waals surface area contributed by atoms with Gasteiger partial charge in [-0.2, -0.15) is 0 Å². The molecule has 1 atom stereocenters. The van der Waals surface area contributed by atoms with Gasteiger partial charge in [-0.05, 0) is 23.8 Å². The van der Waals surface area contributed by atoms with Crippen molar-refractivity contribution in [3.8, 4) is 0 Å². The molecule has 1 aromatic heterocycles. The third-order valence-electron chi connectivity index (χ3n) is 3.20. The van der Waals surface area contributed by atoms with Crippen molar-refractivity contribution in [1.82, 2.24) is 9.55 Å². The molecule has 0 fully saturated rings. The van der Waals surface area contributed by atoms with E-state index in [4.69, 9.17) is 23.2 Å². The number of alkyl halides is 1. The lowest BCUT2D eigenvalue weighted by molar-refractivity contribution is 0.830. The molecular weight excluding hydrogens is 279 g/mol. The van der Waals surface area contributed by atoms with Crippen LogP contribution in [0, 0.1) is 0 Å². The fraction of sp³-hybridized carbons (Fsp3) is 0.133. The predicted molar refractivity (Wildman–Crippen MR) is 79.9 cm³/mol. The maximum atomic E-state index is 6.53. The van der Waals surface area contributed by atoms with Gasteiger partial charge in [0.25, 0.3) is 0 Å². The Morgan fingerprint density at radius 2 is 1.84 bits per heavy atom. The molecule has 19 heavy (non-hydrogen) atoms. The first-order chi connectivity index (χ1) is 9.16. The highest BCUT2D eigenvalue weighted by molar-refractivity contribution is 6.31. The fourth-order valence-corrected chi connectivity index (χ4v) is 2.69. The van der Waals surface area contributed by atoms with E-state index in [-0.39, 0.29) is 5.38 Å². The van der Waals surface area contributed by atoms with E-state index in [1.807, 2.05) is 60.1 Å². The van der Waals surface area contributed by atoms with Gasteiger partial charge in [-0.3, -0.25) is 0 Å². The standard InChI is InChI=1S/C15H12Cl2N2/c1-19-13-9-11(16)7-8-12(13)18-15(19)14(17)10-5-3-2-4-6-10/h2-9,14H,1H3. The van der Waals surface area contributed by atoms with Crippen LogP contribution in [-0.2, 0) is 7.05 Å². The van der Waals surface area contributed by atoms with E-state index in [1.165, 1.54) is 0 Å². The number of benzene rings is 2. The molecule has 2 nitrogen and oxygen atoms in total. The van der Waals surface area contributed by atoms with Gasteiger partial charge in [0.15, 0.2) is 0 Å². The molecule has 0 amide bonds. The molecule has 0 aliphatic rings. The monoisotopic (exact) mass is 290 g/mol. The minimum atomic E-state index is -0.266. The molecule has 0 aliphatic carbocycles. The Bertz CT molecular complexity index is 720. The molecule has 4 heteroatoms. The number of rotatable bonds is 2. The third-order valence-corrected chi connectivity index (χ3v) is 3.88. The summed E-state index contributed by atoms with van der Waals surface area (Å²) >= 11 is 12.6. The normalized spacial score (nSPS) is 12.8. The first kappa shape index (κ1) is 12.5. The molecule has 0 radical (unpaired) electrons. The highest BCUT2D eigenvalue weighted by Gasteiger charge is 2.18. The van der Waals surface area contributed by atoms with Crippen molar-refractivity contribution >= 4 is 34.2 Å². The van der Waals surface area contributed by atoms with Gasteiger partial charge in [0.1, 0.15) is 11.2 Å². The maximum absolute atomic E-state index is 6.53. The number of halogens is 2. The Morgan fingerprint density at radius 3 is 2.58 bits per heavy atom. The summed E-state index contributed by atoms with van der Waals surface area (Å²) in [6.07, 6.45) is 0. The molecule has 96 valence electrons. The summed E-state index contributed by atoms with van der Waals surface area (Å²) in [7, 11) is 1.96. The summed E-state index contributed by atoms with van der Waals surface area (Å²) in [6, 6.07) is 15.6. The summed E-state index contributed by atoms with van der Waals surface area (Å²) in [4.78, 5) is 4.60. The summed E-state index contributed by atoms with van der Waals surface area (Å²) < 4.78 is 1.99. The number of imidazole rings is 1. The molecule has 2 aromatic carbocycles. The van der Waals surface area contributed by atoms with Crippen LogP contribution in [0.3, 0.4) is 0 Å². The van der Waals surface area contributed by atoms with Gasteiger partial charge in [0.05, 0.1) is 11.0 Å². The molecule has 0 saturated heterocycles. The highest BCUT2D eigenvalue weighted by atomic mass is 35.5. The molecule has 1 heterocycles. The molecule has 0 saturated carbocycles. The summed E-state index contributed by atoms with van der Waals surface area (Å²) in [5, 5.41) is 0.435. The van der Waals surface area contributed by atoms with Crippen molar-refractivity contribution in [1.29, 1.82) is 0 Å². The molecule has 3 rings (SSSR count). The Kier molecular flexibility index (Phi) is 3.21. The lowest BCUT2D eigenvalue weighted by atomic mass is 10.1. The number of hydrogen-bond acceptors (Lipinski definition) is 1. The zero-order chi connectivity index (χ0) is 13.4. The van der Waals surface area contributed by atoms with Crippen LogP contribution in [0.25, 0.3) is 11.0 Å². The highest BCUT2D eigenvalue weighted by Crippen LogP contribution is 2.30. The molecule has 1 unspecified atom stereocenters. The Labute approximate surface area is 121 Å². The van der Waals surface area contributed by atoms with Crippen LogP contribution in [-0.4, -0.2) is 9.55 Å². The van der Waals surface area contributed by atoms with Crippen LogP contribution in [0.1, 0.15) is 16.8 Å². The van der Waals surface area contributed by atoms with E-state index in [9.17, 15) is 0 Å². The van der Waals surface area contributed by atoms with Crippen LogP contribution in [0.15, 0.2) is 48.5 Å². The average Bonchev–Trinajstić information content (AvgIpc) is 2.76.